The van der Waals surface area contributed by atoms with E-state index in [1.54, 1.807) is 0 Å². The SMILES string of the molecule is CC(C)(C)C1[C@H]2CCC[C@H]2CN1C(=O)OCc1ccccc1. The summed E-state index contributed by atoms with van der Waals surface area (Å²) < 4.78 is 5.59. The van der Waals surface area contributed by atoms with E-state index in [0.29, 0.717) is 24.5 Å². The Balaban J connectivity index is 1.68. The zero-order valence-corrected chi connectivity index (χ0v) is 13.9. The van der Waals surface area contributed by atoms with E-state index in [0.717, 1.165) is 12.1 Å². The number of hydrogen-bond acceptors (Lipinski definition) is 2. The standard InChI is InChI=1S/C19H27NO2/c1-19(2,3)17-16-11-7-10-15(16)12-20(17)18(21)22-13-14-8-5-4-6-9-14/h4-6,8-9,15-17H,7,10-13H2,1-3H3/t15-,16-,17?/m0/s1. The van der Waals surface area contributed by atoms with Gasteiger partial charge in [-0.15, -0.1) is 0 Å². The second kappa shape index (κ2) is 5.94. The minimum absolute atomic E-state index is 0.107. The number of nitrogens with zero attached hydrogens (tertiary/aromatic N) is 1. The van der Waals surface area contributed by atoms with E-state index in [9.17, 15) is 4.79 Å². The van der Waals surface area contributed by atoms with Gasteiger partial charge in [-0.3, -0.25) is 0 Å². The summed E-state index contributed by atoms with van der Waals surface area (Å²) in [6.07, 6.45) is 3.70. The predicted octanol–water partition coefficient (Wildman–Crippen LogP) is 4.47. The molecule has 22 heavy (non-hydrogen) atoms. The molecule has 1 saturated heterocycles. The van der Waals surface area contributed by atoms with Gasteiger partial charge in [-0.1, -0.05) is 57.5 Å². The van der Waals surface area contributed by atoms with Gasteiger partial charge in [0.15, 0.2) is 0 Å². The molecule has 0 aromatic heterocycles. The van der Waals surface area contributed by atoms with E-state index >= 15 is 0 Å². The molecule has 0 spiro atoms. The third kappa shape index (κ3) is 2.99. The van der Waals surface area contributed by atoms with Gasteiger partial charge < -0.3 is 9.64 Å². The van der Waals surface area contributed by atoms with Gasteiger partial charge in [0, 0.05) is 12.6 Å². The van der Waals surface area contributed by atoms with E-state index in [1.807, 2.05) is 35.2 Å². The fraction of sp³-hybridized carbons (Fsp3) is 0.632. The quantitative estimate of drug-likeness (QED) is 0.806. The molecule has 1 saturated carbocycles. The molecule has 2 aliphatic rings. The molecule has 1 heterocycles. The molecular weight excluding hydrogens is 274 g/mol. The Morgan fingerprint density at radius 1 is 1.23 bits per heavy atom. The van der Waals surface area contributed by atoms with Crippen molar-refractivity contribution in [3.63, 3.8) is 0 Å². The lowest BCUT2D eigenvalue weighted by atomic mass is 9.77. The summed E-state index contributed by atoms with van der Waals surface area (Å²) in [5, 5.41) is 0. The van der Waals surface area contributed by atoms with Crippen LogP contribution < -0.4 is 0 Å². The minimum Gasteiger partial charge on any atom is -0.445 e. The number of amides is 1. The molecule has 1 aromatic rings. The number of hydrogen-bond donors (Lipinski definition) is 0. The Hall–Kier alpha value is -1.51. The largest absolute Gasteiger partial charge is 0.445 e. The average molecular weight is 301 g/mol. The highest BCUT2D eigenvalue weighted by atomic mass is 16.6. The molecular formula is C19H27NO2. The Morgan fingerprint density at radius 2 is 1.95 bits per heavy atom. The zero-order valence-electron chi connectivity index (χ0n) is 13.9. The van der Waals surface area contributed by atoms with Crippen molar-refractivity contribution in [3.05, 3.63) is 35.9 Å². The molecule has 1 amide bonds. The van der Waals surface area contributed by atoms with Gasteiger partial charge in [0.05, 0.1) is 0 Å². The van der Waals surface area contributed by atoms with Crippen LogP contribution >= 0.6 is 0 Å². The minimum atomic E-state index is -0.141. The van der Waals surface area contributed by atoms with E-state index < -0.39 is 0 Å². The average Bonchev–Trinajstić information content (AvgIpc) is 3.04. The molecule has 3 rings (SSSR count). The lowest BCUT2D eigenvalue weighted by Crippen LogP contribution is -2.46. The first-order valence-electron chi connectivity index (χ1n) is 8.44. The third-order valence-corrected chi connectivity index (χ3v) is 5.22. The first kappa shape index (κ1) is 15.4. The van der Waals surface area contributed by atoms with Crippen molar-refractivity contribution in [2.45, 2.75) is 52.7 Å². The zero-order chi connectivity index (χ0) is 15.7. The molecule has 3 atom stereocenters. The Morgan fingerprint density at radius 3 is 2.64 bits per heavy atom. The molecule has 120 valence electrons. The van der Waals surface area contributed by atoms with E-state index in [4.69, 9.17) is 4.74 Å². The van der Waals surface area contributed by atoms with Gasteiger partial charge in [-0.05, 0) is 35.7 Å². The maximum absolute atomic E-state index is 12.6. The molecule has 2 fully saturated rings. The summed E-state index contributed by atoms with van der Waals surface area (Å²) in [6, 6.07) is 10.2. The maximum Gasteiger partial charge on any atom is 0.410 e. The van der Waals surface area contributed by atoms with Gasteiger partial charge in [0.25, 0.3) is 0 Å². The van der Waals surface area contributed by atoms with Gasteiger partial charge in [-0.2, -0.15) is 0 Å². The summed E-state index contributed by atoms with van der Waals surface area (Å²) in [7, 11) is 0. The monoisotopic (exact) mass is 301 g/mol. The van der Waals surface area contributed by atoms with Crippen molar-refractivity contribution in [2.75, 3.05) is 6.54 Å². The summed E-state index contributed by atoms with van der Waals surface area (Å²) >= 11 is 0. The fourth-order valence-corrected chi connectivity index (χ4v) is 4.41. The lowest BCUT2D eigenvalue weighted by molar-refractivity contribution is 0.0595. The summed E-state index contributed by atoms with van der Waals surface area (Å²) in [5.74, 6) is 1.33. The fourth-order valence-electron chi connectivity index (χ4n) is 4.41. The number of fused-ring (bicyclic) bond motifs is 1. The van der Waals surface area contributed by atoms with Crippen molar-refractivity contribution in [2.24, 2.45) is 17.3 Å². The number of benzene rings is 1. The van der Waals surface area contributed by atoms with Crippen LogP contribution in [0.3, 0.4) is 0 Å². The topological polar surface area (TPSA) is 29.5 Å². The Kier molecular flexibility index (Phi) is 4.16. The van der Waals surface area contributed by atoms with Crippen LogP contribution in [0.15, 0.2) is 30.3 Å². The van der Waals surface area contributed by atoms with E-state index in [2.05, 4.69) is 20.8 Å². The molecule has 3 nitrogen and oxygen atoms in total. The molecule has 3 heteroatoms. The highest BCUT2D eigenvalue weighted by molar-refractivity contribution is 5.69. The number of ether oxygens (including phenoxy) is 1. The van der Waals surface area contributed by atoms with Gasteiger partial charge in [-0.25, -0.2) is 4.79 Å². The van der Waals surface area contributed by atoms with Gasteiger partial charge in [0.1, 0.15) is 6.61 Å². The molecule has 0 bridgehead atoms. The van der Waals surface area contributed by atoms with Crippen LogP contribution in [0.1, 0.15) is 45.6 Å². The maximum atomic E-state index is 12.6. The smallest absolute Gasteiger partial charge is 0.410 e. The second-order valence-corrected chi connectivity index (χ2v) is 7.86. The molecule has 1 aliphatic carbocycles. The second-order valence-electron chi connectivity index (χ2n) is 7.86. The van der Waals surface area contributed by atoms with Crippen LogP contribution in [-0.4, -0.2) is 23.6 Å². The normalized spacial score (nSPS) is 27.8. The summed E-state index contributed by atoms with van der Waals surface area (Å²) in [4.78, 5) is 14.6. The summed E-state index contributed by atoms with van der Waals surface area (Å²) in [6.45, 7) is 7.98. The molecule has 0 N–H and O–H groups in total. The van der Waals surface area contributed by atoms with E-state index in [1.165, 1.54) is 19.3 Å². The number of likely N-dealkylation sites (tertiary alicyclic amines) is 1. The van der Waals surface area contributed by atoms with Crippen LogP contribution in [0.5, 0.6) is 0 Å². The number of carbonyl (C=O) groups is 1. The van der Waals surface area contributed by atoms with Crippen LogP contribution in [-0.2, 0) is 11.3 Å². The lowest BCUT2D eigenvalue weighted by Gasteiger charge is -2.37. The first-order valence-corrected chi connectivity index (χ1v) is 8.44. The van der Waals surface area contributed by atoms with Crippen molar-refractivity contribution in [1.82, 2.24) is 4.90 Å². The van der Waals surface area contributed by atoms with Crippen LogP contribution in [0, 0.1) is 17.3 Å². The molecule has 1 unspecified atom stereocenters. The highest BCUT2D eigenvalue weighted by Gasteiger charge is 2.50. The molecule has 0 radical (unpaired) electrons. The van der Waals surface area contributed by atoms with Crippen LogP contribution in [0.25, 0.3) is 0 Å². The third-order valence-electron chi connectivity index (χ3n) is 5.22. The molecule has 1 aromatic carbocycles. The van der Waals surface area contributed by atoms with Crippen molar-refractivity contribution in [1.29, 1.82) is 0 Å². The summed E-state index contributed by atoms with van der Waals surface area (Å²) in [5.41, 5.74) is 1.15. The van der Waals surface area contributed by atoms with Crippen LogP contribution in [0.2, 0.25) is 0 Å². The van der Waals surface area contributed by atoms with Crippen LogP contribution in [0.4, 0.5) is 4.79 Å². The highest BCUT2D eigenvalue weighted by Crippen LogP contribution is 2.48. The van der Waals surface area contributed by atoms with Crippen molar-refractivity contribution in [3.8, 4) is 0 Å². The van der Waals surface area contributed by atoms with Gasteiger partial charge >= 0.3 is 6.09 Å². The Bertz CT molecular complexity index is 520. The first-order chi connectivity index (χ1) is 10.5. The van der Waals surface area contributed by atoms with Gasteiger partial charge in [0.2, 0.25) is 0 Å². The Labute approximate surface area is 133 Å². The van der Waals surface area contributed by atoms with E-state index in [-0.39, 0.29) is 11.5 Å². The van der Waals surface area contributed by atoms with Crippen molar-refractivity contribution >= 4 is 6.09 Å². The van der Waals surface area contributed by atoms with Crippen molar-refractivity contribution < 1.29 is 9.53 Å². The number of carbonyl (C=O) groups excluding carboxylic acids is 1. The number of rotatable bonds is 2. The predicted molar refractivity (Wildman–Crippen MR) is 87.4 cm³/mol. The molecule has 1 aliphatic heterocycles.